The lowest BCUT2D eigenvalue weighted by Crippen LogP contribution is -2.44. The van der Waals surface area contributed by atoms with Crippen molar-refractivity contribution in [3.8, 4) is 0 Å². The molecule has 0 aliphatic rings. The van der Waals surface area contributed by atoms with E-state index >= 15 is 0 Å². The summed E-state index contributed by atoms with van der Waals surface area (Å²) in [7, 11) is 1.46. The molecule has 22 heavy (non-hydrogen) atoms. The van der Waals surface area contributed by atoms with Gasteiger partial charge in [-0.1, -0.05) is 12.1 Å². The minimum Gasteiger partial charge on any atom is -0.475 e. The van der Waals surface area contributed by atoms with Gasteiger partial charge in [0.05, 0.1) is 23.9 Å². The molecule has 7 heteroatoms. The number of rotatable bonds is 7. The first-order valence-corrected chi connectivity index (χ1v) is 6.64. The van der Waals surface area contributed by atoms with Gasteiger partial charge in [0.2, 0.25) is 0 Å². The average molecular weight is 309 g/mol. The molecule has 0 unspecified atom stereocenters. The van der Waals surface area contributed by atoms with E-state index in [2.05, 4.69) is 0 Å². The Morgan fingerprint density at radius 2 is 1.95 bits per heavy atom. The monoisotopic (exact) mass is 309 g/mol. The molecule has 0 heterocycles. The van der Waals surface area contributed by atoms with E-state index in [0.29, 0.717) is 5.56 Å². The SMILES string of the molecule is COC[C@H](C)N(C(=O)CO)c1c(C)cccc1C(=O)C(=O)O. The number of carboxylic acid groups (broad SMARTS) is 1. The third-order valence-corrected chi connectivity index (χ3v) is 3.17. The third-order valence-electron chi connectivity index (χ3n) is 3.17. The lowest BCUT2D eigenvalue weighted by Gasteiger charge is -2.31. The van der Waals surface area contributed by atoms with Crippen LogP contribution in [0.15, 0.2) is 18.2 Å². The highest BCUT2D eigenvalue weighted by molar-refractivity contribution is 6.41. The Labute approximate surface area is 128 Å². The third kappa shape index (κ3) is 3.69. The summed E-state index contributed by atoms with van der Waals surface area (Å²) in [4.78, 5) is 36.2. The molecule has 0 aromatic heterocycles. The molecule has 1 aromatic carbocycles. The molecule has 0 bridgehead atoms. The van der Waals surface area contributed by atoms with E-state index in [9.17, 15) is 19.5 Å². The first-order valence-electron chi connectivity index (χ1n) is 6.64. The summed E-state index contributed by atoms with van der Waals surface area (Å²) < 4.78 is 5.01. The number of aliphatic hydroxyl groups is 1. The van der Waals surface area contributed by atoms with Crippen molar-refractivity contribution in [2.24, 2.45) is 0 Å². The van der Waals surface area contributed by atoms with Crippen molar-refractivity contribution in [3.05, 3.63) is 29.3 Å². The number of aliphatic carboxylic acids is 1. The van der Waals surface area contributed by atoms with Crippen LogP contribution in [0.1, 0.15) is 22.8 Å². The van der Waals surface area contributed by atoms with E-state index in [-0.39, 0.29) is 17.9 Å². The number of para-hydroxylation sites is 1. The number of carbonyl (C=O) groups excluding carboxylic acids is 2. The summed E-state index contributed by atoms with van der Waals surface area (Å²) in [6.07, 6.45) is 0. The fraction of sp³-hybridized carbons (Fsp3) is 0.400. The molecule has 7 nitrogen and oxygen atoms in total. The second kappa shape index (κ2) is 7.67. The predicted molar refractivity (Wildman–Crippen MR) is 79.1 cm³/mol. The fourth-order valence-corrected chi connectivity index (χ4v) is 2.26. The number of nitrogens with zero attached hydrogens (tertiary/aromatic N) is 1. The van der Waals surface area contributed by atoms with Crippen LogP contribution in [0, 0.1) is 6.92 Å². The van der Waals surface area contributed by atoms with Gasteiger partial charge in [-0.05, 0) is 25.5 Å². The maximum absolute atomic E-state index is 12.1. The molecule has 0 saturated carbocycles. The van der Waals surface area contributed by atoms with Crippen molar-refractivity contribution in [1.29, 1.82) is 0 Å². The van der Waals surface area contributed by atoms with Crippen molar-refractivity contribution in [2.75, 3.05) is 25.2 Å². The summed E-state index contributed by atoms with van der Waals surface area (Å²) in [5, 5.41) is 18.1. The van der Waals surface area contributed by atoms with Crippen LogP contribution in [0.3, 0.4) is 0 Å². The van der Waals surface area contributed by atoms with E-state index in [0.717, 1.165) is 0 Å². The minimum absolute atomic E-state index is 0.0998. The quantitative estimate of drug-likeness (QED) is 0.565. The van der Waals surface area contributed by atoms with E-state index < -0.39 is 30.3 Å². The number of benzene rings is 1. The van der Waals surface area contributed by atoms with E-state index in [1.807, 2.05) is 0 Å². The Kier molecular flexibility index (Phi) is 6.21. The molecule has 1 atom stereocenters. The molecule has 0 fully saturated rings. The van der Waals surface area contributed by atoms with Crippen LogP contribution in [-0.4, -0.2) is 54.2 Å². The zero-order valence-electron chi connectivity index (χ0n) is 12.7. The van der Waals surface area contributed by atoms with Gasteiger partial charge in [-0.15, -0.1) is 0 Å². The number of ether oxygens (including phenoxy) is 1. The van der Waals surface area contributed by atoms with Gasteiger partial charge in [0.25, 0.3) is 11.7 Å². The molecular weight excluding hydrogens is 290 g/mol. The molecule has 1 amide bonds. The Balaban J connectivity index is 3.50. The first-order chi connectivity index (χ1) is 10.3. The zero-order chi connectivity index (χ0) is 16.9. The number of anilines is 1. The van der Waals surface area contributed by atoms with Crippen LogP contribution >= 0.6 is 0 Å². The standard InChI is InChI=1S/C15H19NO6/c1-9-5-4-6-11(14(19)15(20)21)13(9)16(12(18)7-17)10(2)8-22-3/h4-6,10,17H,7-8H2,1-3H3,(H,20,21)/t10-/m0/s1. The molecule has 0 aliphatic carbocycles. The molecule has 120 valence electrons. The van der Waals surface area contributed by atoms with Crippen LogP contribution in [-0.2, 0) is 14.3 Å². The van der Waals surface area contributed by atoms with E-state index in [1.54, 1.807) is 19.9 Å². The van der Waals surface area contributed by atoms with Crippen molar-refractivity contribution < 1.29 is 29.3 Å². The zero-order valence-corrected chi connectivity index (χ0v) is 12.7. The highest BCUT2D eigenvalue weighted by Crippen LogP contribution is 2.28. The fourth-order valence-electron chi connectivity index (χ4n) is 2.26. The molecule has 1 rings (SSSR count). The van der Waals surface area contributed by atoms with Crippen LogP contribution in [0.25, 0.3) is 0 Å². The number of methoxy groups -OCH3 is 1. The highest BCUT2D eigenvalue weighted by Gasteiger charge is 2.29. The normalized spacial score (nSPS) is 11.8. The predicted octanol–water partition coefficient (Wildman–Crippen LogP) is 0.623. The minimum atomic E-state index is -1.61. The number of carboxylic acids is 1. The maximum Gasteiger partial charge on any atom is 0.377 e. The van der Waals surface area contributed by atoms with Gasteiger partial charge in [-0.2, -0.15) is 0 Å². The van der Waals surface area contributed by atoms with Crippen LogP contribution in [0.2, 0.25) is 0 Å². The Morgan fingerprint density at radius 3 is 2.45 bits per heavy atom. The van der Waals surface area contributed by atoms with E-state index in [4.69, 9.17) is 9.84 Å². The van der Waals surface area contributed by atoms with Gasteiger partial charge in [0.1, 0.15) is 6.61 Å². The molecule has 1 aromatic rings. The summed E-state index contributed by atoms with van der Waals surface area (Å²) in [5.41, 5.74) is 0.632. The molecule has 0 aliphatic heterocycles. The van der Waals surface area contributed by atoms with Gasteiger partial charge in [0.15, 0.2) is 0 Å². The van der Waals surface area contributed by atoms with Gasteiger partial charge < -0.3 is 19.8 Å². The summed E-state index contributed by atoms with van der Waals surface area (Å²) in [5.74, 6) is -3.36. The molecule has 0 saturated heterocycles. The van der Waals surface area contributed by atoms with Crippen molar-refractivity contribution in [2.45, 2.75) is 19.9 Å². The van der Waals surface area contributed by atoms with Crippen LogP contribution in [0.5, 0.6) is 0 Å². The van der Waals surface area contributed by atoms with Gasteiger partial charge in [0, 0.05) is 7.11 Å². The van der Waals surface area contributed by atoms with Gasteiger partial charge >= 0.3 is 5.97 Å². The number of aryl methyl sites for hydroxylation is 1. The Hall–Kier alpha value is -2.25. The maximum atomic E-state index is 12.1. The lowest BCUT2D eigenvalue weighted by molar-refractivity contribution is -0.131. The average Bonchev–Trinajstić information content (AvgIpc) is 2.48. The molecule has 0 radical (unpaired) electrons. The number of amides is 1. The number of carbonyl (C=O) groups is 3. The summed E-state index contributed by atoms with van der Waals surface area (Å²) >= 11 is 0. The van der Waals surface area contributed by atoms with Crippen molar-refractivity contribution in [3.63, 3.8) is 0 Å². The smallest absolute Gasteiger partial charge is 0.377 e. The van der Waals surface area contributed by atoms with E-state index in [1.165, 1.54) is 24.1 Å². The highest BCUT2D eigenvalue weighted by atomic mass is 16.5. The largest absolute Gasteiger partial charge is 0.475 e. The summed E-state index contributed by atoms with van der Waals surface area (Å²) in [6.45, 7) is 2.74. The first kappa shape index (κ1) is 17.8. The van der Waals surface area contributed by atoms with Crippen molar-refractivity contribution in [1.82, 2.24) is 0 Å². The number of Topliss-reactive ketones (excluding diaryl/α,β-unsaturated/α-hetero) is 1. The molecule has 0 spiro atoms. The van der Waals surface area contributed by atoms with Gasteiger partial charge in [-0.25, -0.2) is 4.79 Å². The van der Waals surface area contributed by atoms with Crippen LogP contribution in [0.4, 0.5) is 5.69 Å². The topological polar surface area (TPSA) is 104 Å². The number of hydrogen-bond acceptors (Lipinski definition) is 5. The Morgan fingerprint density at radius 1 is 1.32 bits per heavy atom. The lowest BCUT2D eigenvalue weighted by atomic mass is 10.0. The number of aliphatic hydroxyl groups excluding tert-OH is 1. The second-order valence-electron chi connectivity index (χ2n) is 4.83. The van der Waals surface area contributed by atoms with Crippen molar-refractivity contribution >= 4 is 23.3 Å². The number of hydrogen-bond donors (Lipinski definition) is 2. The number of ketones is 1. The molecule has 2 N–H and O–H groups in total. The Bertz CT molecular complexity index is 583. The van der Waals surface area contributed by atoms with Crippen LogP contribution < -0.4 is 4.90 Å². The summed E-state index contributed by atoms with van der Waals surface area (Å²) in [6, 6.07) is 4.06. The van der Waals surface area contributed by atoms with Gasteiger partial charge in [-0.3, -0.25) is 9.59 Å². The second-order valence-corrected chi connectivity index (χ2v) is 4.83. The molecular formula is C15H19NO6.